The number of nitrogens with two attached hydrogens (primary N) is 1. The molecule has 222 valence electrons. The largest absolute Gasteiger partial charge is 0.468 e. The van der Waals surface area contributed by atoms with Crippen molar-refractivity contribution in [3.05, 3.63) is 22.7 Å². The average molecular weight is 578 g/mol. The summed E-state index contributed by atoms with van der Waals surface area (Å²) >= 11 is 0. The second-order valence-electron chi connectivity index (χ2n) is 10.1. The molecule has 0 spiro atoms. The van der Waals surface area contributed by atoms with Crippen molar-refractivity contribution >= 4 is 25.4 Å². The number of anilines is 1. The summed E-state index contributed by atoms with van der Waals surface area (Å²) in [5.74, 6) is -1.45. The third kappa shape index (κ3) is 9.07. The Bertz CT molecular complexity index is 1050. The number of aliphatic hydroxyl groups excluding tert-OH is 2. The number of rotatable bonds is 14. The van der Waals surface area contributed by atoms with E-state index in [4.69, 9.17) is 24.5 Å². The lowest BCUT2D eigenvalue weighted by Gasteiger charge is -2.30. The molecule has 0 amide bonds. The van der Waals surface area contributed by atoms with Crippen LogP contribution in [0.15, 0.2) is 17.1 Å². The van der Waals surface area contributed by atoms with Crippen LogP contribution in [-0.4, -0.2) is 82.9 Å². The first kappa shape index (κ1) is 32.8. The van der Waals surface area contributed by atoms with Crippen LogP contribution in [0.4, 0.5) is 5.82 Å². The first-order valence-corrected chi connectivity index (χ1v) is 14.2. The maximum atomic E-state index is 14.1. The second kappa shape index (κ2) is 14.3. The van der Waals surface area contributed by atoms with Crippen molar-refractivity contribution in [3.8, 4) is 0 Å². The van der Waals surface area contributed by atoms with Gasteiger partial charge in [0, 0.05) is 6.20 Å². The Morgan fingerprint density at radius 3 is 2.03 bits per heavy atom. The molecule has 0 aliphatic carbocycles. The van der Waals surface area contributed by atoms with Crippen LogP contribution in [0, 0.1) is 11.8 Å². The molecule has 6 atom stereocenters. The topological polar surface area (TPSA) is 214 Å². The minimum absolute atomic E-state index is 0.00941. The summed E-state index contributed by atoms with van der Waals surface area (Å²) in [4.78, 5) is 40.7. The SMILES string of the molecule is COC(=O)[C@H](CC(C)C)NP(=O)(N[C@@H](CC(C)C)C(=O)OC)OC[C@H]1O[C@H](n2ccc(N)nc2=O)[C@H](O)C1O. The van der Waals surface area contributed by atoms with E-state index in [1.54, 1.807) is 0 Å². The first-order chi connectivity index (χ1) is 18.2. The molecule has 0 radical (unpaired) electrons. The molecule has 1 fully saturated rings. The Hall–Kier alpha value is -2.39. The van der Waals surface area contributed by atoms with E-state index in [2.05, 4.69) is 15.2 Å². The molecule has 0 saturated carbocycles. The Balaban J connectivity index is 2.32. The van der Waals surface area contributed by atoms with Crippen molar-refractivity contribution in [2.75, 3.05) is 26.6 Å². The van der Waals surface area contributed by atoms with Gasteiger partial charge in [-0.2, -0.15) is 4.98 Å². The number of hydrogen-bond donors (Lipinski definition) is 5. The Morgan fingerprint density at radius 1 is 1.08 bits per heavy atom. The quantitative estimate of drug-likeness (QED) is 0.145. The van der Waals surface area contributed by atoms with Gasteiger partial charge in [0.2, 0.25) is 0 Å². The molecule has 1 unspecified atom stereocenters. The normalized spacial score (nSPS) is 23.1. The van der Waals surface area contributed by atoms with Gasteiger partial charge in [0.1, 0.15) is 36.2 Å². The van der Waals surface area contributed by atoms with Crippen molar-refractivity contribution < 1.29 is 43.1 Å². The third-order valence-corrected chi connectivity index (χ3v) is 7.74. The van der Waals surface area contributed by atoms with Gasteiger partial charge in [-0.25, -0.2) is 15.0 Å². The van der Waals surface area contributed by atoms with Gasteiger partial charge in [0.25, 0.3) is 0 Å². The van der Waals surface area contributed by atoms with E-state index in [0.717, 1.165) is 4.57 Å². The maximum absolute atomic E-state index is 14.1. The smallest absolute Gasteiger partial charge is 0.351 e. The van der Waals surface area contributed by atoms with Crippen molar-refractivity contribution in [3.63, 3.8) is 0 Å². The number of esters is 2. The number of hydrogen-bond acceptors (Lipinski definition) is 12. The van der Waals surface area contributed by atoms with Crippen LogP contribution >= 0.6 is 7.67 Å². The summed E-state index contributed by atoms with van der Waals surface area (Å²) in [6.45, 7) is 6.85. The zero-order chi connectivity index (χ0) is 29.5. The summed E-state index contributed by atoms with van der Waals surface area (Å²) in [7, 11) is -1.89. The molecule has 0 aromatic carbocycles. The number of aromatic nitrogens is 2. The van der Waals surface area contributed by atoms with Crippen LogP contribution in [0.5, 0.6) is 0 Å². The van der Waals surface area contributed by atoms with E-state index in [-0.39, 0.29) is 30.5 Å². The van der Waals surface area contributed by atoms with E-state index in [9.17, 15) is 29.2 Å². The van der Waals surface area contributed by atoms with E-state index in [0.29, 0.717) is 0 Å². The minimum atomic E-state index is -4.26. The molecule has 16 heteroatoms. The highest BCUT2D eigenvalue weighted by Crippen LogP contribution is 2.42. The molecule has 6 N–H and O–H groups in total. The fraction of sp³-hybridized carbons (Fsp3) is 0.739. The molecular weight excluding hydrogens is 537 g/mol. The lowest BCUT2D eigenvalue weighted by Crippen LogP contribution is -2.46. The van der Waals surface area contributed by atoms with Crippen molar-refractivity contribution in [2.45, 2.75) is 77.2 Å². The number of nitrogen functional groups attached to an aromatic ring is 1. The van der Waals surface area contributed by atoms with Crippen molar-refractivity contribution in [2.24, 2.45) is 11.8 Å². The van der Waals surface area contributed by atoms with E-state index < -0.39 is 68.5 Å². The van der Waals surface area contributed by atoms with Gasteiger partial charge in [-0.05, 0) is 30.7 Å². The van der Waals surface area contributed by atoms with Crippen LogP contribution in [0.25, 0.3) is 0 Å². The molecule has 1 aromatic heterocycles. The molecule has 39 heavy (non-hydrogen) atoms. The highest BCUT2D eigenvalue weighted by molar-refractivity contribution is 7.54. The number of methoxy groups -OCH3 is 2. The van der Waals surface area contributed by atoms with Crippen molar-refractivity contribution in [1.29, 1.82) is 0 Å². The van der Waals surface area contributed by atoms with Crippen molar-refractivity contribution in [1.82, 2.24) is 19.7 Å². The highest BCUT2D eigenvalue weighted by atomic mass is 31.2. The van der Waals surface area contributed by atoms with Crippen LogP contribution < -0.4 is 21.6 Å². The van der Waals surface area contributed by atoms with E-state index in [1.165, 1.54) is 26.5 Å². The molecule has 1 saturated heterocycles. The third-order valence-electron chi connectivity index (χ3n) is 5.92. The van der Waals surface area contributed by atoms with Gasteiger partial charge in [-0.3, -0.25) is 18.7 Å². The number of carbonyl (C=O) groups excluding carboxylic acids is 2. The fourth-order valence-corrected chi connectivity index (χ4v) is 5.87. The van der Waals surface area contributed by atoms with Crippen LogP contribution in [0.2, 0.25) is 0 Å². The van der Waals surface area contributed by atoms with Crippen LogP contribution in [-0.2, 0) is 32.9 Å². The van der Waals surface area contributed by atoms with Gasteiger partial charge in [-0.1, -0.05) is 27.7 Å². The van der Waals surface area contributed by atoms with Gasteiger partial charge >= 0.3 is 25.3 Å². The average Bonchev–Trinajstić information content (AvgIpc) is 3.13. The second-order valence-corrected chi connectivity index (χ2v) is 12.0. The standard InChI is InChI=1S/C23H40N5O10P/c1-12(2)9-14(21(31)35-5)26-39(34,27-15(10-13(3)4)22(32)36-6)37-11-16-18(29)19(30)20(38-16)28-8-7-17(24)25-23(28)33/h7-8,12-16,18-20,29-30H,9-11H2,1-6H3,(H2,24,25,33)(H2,26,27,34)/t14-,15-,16+,18?,19+,20-/m0/s1. The van der Waals surface area contributed by atoms with Gasteiger partial charge in [0.05, 0.1) is 20.8 Å². The lowest BCUT2D eigenvalue weighted by atomic mass is 10.1. The maximum Gasteiger partial charge on any atom is 0.351 e. The number of nitrogens with one attached hydrogen (secondary N) is 2. The number of ether oxygens (including phenoxy) is 3. The fourth-order valence-electron chi connectivity index (χ4n) is 4.05. The number of nitrogens with zero attached hydrogens (tertiary/aromatic N) is 2. The highest BCUT2D eigenvalue weighted by Gasteiger charge is 2.46. The predicted octanol–water partition coefficient (Wildman–Crippen LogP) is -0.0760. The Labute approximate surface area is 226 Å². The summed E-state index contributed by atoms with van der Waals surface area (Å²) in [6, 6.07) is -0.824. The Kier molecular flexibility index (Phi) is 12.0. The van der Waals surface area contributed by atoms with Gasteiger partial charge < -0.3 is 34.7 Å². The van der Waals surface area contributed by atoms with Crippen LogP contribution in [0.1, 0.15) is 46.8 Å². The van der Waals surface area contributed by atoms with E-state index in [1.807, 2.05) is 27.7 Å². The lowest BCUT2D eigenvalue weighted by molar-refractivity contribution is -0.143. The zero-order valence-electron chi connectivity index (χ0n) is 23.0. The molecule has 0 bridgehead atoms. The van der Waals surface area contributed by atoms with Gasteiger partial charge in [-0.15, -0.1) is 0 Å². The molecular formula is C23H40N5O10P. The number of aliphatic hydroxyl groups is 2. The number of carbonyl (C=O) groups is 2. The molecule has 2 rings (SSSR count). The van der Waals surface area contributed by atoms with E-state index >= 15 is 0 Å². The monoisotopic (exact) mass is 577 g/mol. The van der Waals surface area contributed by atoms with Crippen LogP contribution in [0.3, 0.4) is 0 Å². The molecule has 1 aromatic rings. The first-order valence-electron chi connectivity index (χ1n) is 12.5. The summed E-state index contributed by atoms with van der Waals surface area (Å²) in [5, 5.41) is 26.5. The predicted molar refractivity (Wildman–Crippen MR) is 139 cm³/mol. The summed E-state index contributed by atoms with van der Waals surface area (Å²) < 4.78 is 36.1. The van der Waals surface area contributed by atoms with Gasteiger partial charge in [0.15, 0.2) is 6.23 Å². The summed E-state index contributed by atoms with van der Waals surface area (Å²) in [6.07, 6.45) is -3.99. The summed E-state index contributed by atoms with van der Waals surface area (Å²) in [5.41, 5.74) is 4.69. The molecule has 1 aliphatic heterocycles. The molecule has 15 nitrogen and oxygen atoms in total. The molecule has 1 aliphatic rings. The zero-order valence-corrected chi connectivity index (χ0v) is 23.9. The minimum Gasteiger partial charge on any atom is -0.468 e. The Morgan fingerprint density at radius 2 is 1.59 bits per heavy atom. The molecule has 2 heterocycles.